The van der Waals surface area contributed by atoms with Crippen LogP contribution in [0.5, 0.6) is 0 Å². The zero-order valence-electron chi connectivity index (χ0n) is 19.8. The summed E-state index contributed by atoms with van der Waals surface area (Å²) < 4.78 is 32.5. The van der Waals surface area contributed by atoms with Gasteiger partial charge in [-0.2, -0.15) is 4.31 Å². The first-order valence-electron chi connectivity index (χ1n) is 10.6. The molecule has 0 spiro atoms. The molecular weight excluding hydrogens is 428 g/mol. The molecule has 2 aromatic rings. The Kier molecular flexibility index (Phi) is 8.20. The molecule has 0 aliphatic heterocycles. The maximum absolute atomic E-state index is 12.9. The predicted octanol–water partition coefficient (Wildman–Crippen LogP) is 4.13. The van der Waals surface area contributed by atoms with E-state index in [0.717, 1.165) is 16.7 Å². The number of carbonyl (C=O) groups is 2. The summed E-state index contributed by atoms with van der Waals surface area (Å²) in [4.78, 5) is 25.4. The minimum absolute atomic E-state index is 0.0543. The maximum atomic E-state index is 12.9. The standard InChI is InChI=1S/C24H32N2O5S/c1-8-26(9-2)32(29,30)21-14-20(11-10-16(21)4)24(28)31-19(7)23(27)25-22-17(5)12-15(3)13-18(22)6/h10-14,19H,8-9H2,1-7H3,(H,25,27). The van der Waals surface area contributed by atoms with Gasteiger partial charge in [0.2, 0.25) is 10.0 Å². The Morgan fingerprint density at radius 1 is 0.969 bits per heavy atom. The number of anilines is 1. The molecule has 0 saturated heterocycles. The van der Waals surface area contributed by atoms with Crippen molar-refractivity contribution >= 4 is 27.6 Å². The zero-order chi connectivity index (χ0) is 24.2. The van der Waals surface area contributed by atoms with Gasteiger partial charge in [-0.1, -0.05) is 37.6 Å². The van der Waals surface area contributed by atoms with Crippen LogP contribution in [0.15, 0.2) is 35.2 Å². The number of hydrogen-bond donors (Lipinski definition) is 1. The number of esters is 1. The third kappa shape index (κ3) is 5.55. The van der Waals surface area contributed by atoms with E-state index in [-0.39, 0.29) is 10.5 Å². The topological polar surface area (TPSA) is 92.8 Å². The van der Waals surface area contributed by atoms with E-state index >= 15 is 0 Å². The first-order valence-corrected chi connectivity index (χ1v) is 12.1. The zero-order valence-corrected chi connectivity index (χ0v) is 20.6. The number of ether oxygens (including phenoxy) is 1. The number of nitrogens with one attached hydrogen (secondary N) is 1. The van der Waals surface area contributed by atoms with Gasteiger partial charge in [-0.15, -0.1) is 0 Å². The highest BCUT2D eigenvalue weighted by Gasteiger charge is 2.26. The lowest BCUT2D eigenvalue weighted by molar-refractivity contribution is -0.123. The Balaban J connectivity index is 2.21. The second-order valence-electron chi connectivity index (χ2n) is 7.88. The smallest absolute Gasteiger partial charge is 0.338 e. The Morgan fingerprint density at radius 3 is 2.06 bits per heavy atom. The Bertz CT molecular complexity index is 1100. The van der Waals surface area contributed by atoms with E-state index in [1.165, 1.54) is 23.4 Å². The lowest BCUT2D eigenvalue weighted by atomic mass is 10.0. The molecule has 0 bridgehead atoms. The number of hydrogen-bond acceptors (Lipinski definition) is 5. The summed E-state index contributed by atoms with van der Waals surface area (Å²) in [5, 5.41) is 2.82. The van der Waals surface area contributed by atoms with E-state index < -0.39 is 28.0 Å². The molecule has 0 aliphatic carbocycles. The summed E-state index contributed by atoms with van der Waals surface area (Å²) in [7, 11) is -3.74. The molecule has 32 heavy (non-hydrogen) atoms. The molecular formula is C24H32N2O5S. The van der Waals surface area contributed by atoms with Gasteiger partial charge in [0.05, 0.1) is 10.5 Å². The minimum atomic E-state index is -3.74. The lowest BCUT2D eigenvalue weighted by Gasteiger charge is -2.20. The third-order valence-electron chi connectivity index (χ3n) is 5.33. The molecule has 1 atom stereocenters. The molecule has 8 heteroatoms. The number of carbonyl (C=O) groups excluding carboxylic acids is 2. The van der Waals surface area contributed by atoms with Crippen molar-refractivity contribution < 1.29 is 22.7 Å². The van der Waals surface area contributed by atoms with E-state index in [1.54, 1.807) is 26.8 Å². The van der Waals surface area contributed by atoms with Crippen LogP contribution in [0.4, 0.5) is 5.69 Å². The van der Waals surface area contributed by atoms with Crippen molar-refractivity contribution in [2.24, 2.45) is 0 Å². The van der Waals surface area contributed by atoms with E-state index in [4.69, 9.17) is 4.74 Å². The van der Waals surface area contributed by atoms with Crippen LogP contribution in [0.2, 0.25) is 0 Å². The van der Waals surface area contributed by atoms with E-state index in [0.29, 0.717) is 24.3 Å². The molecule has 1 N–H and O–H groups in total. The quantitative estimate of drug-likeness (QED) is 0.598. The van der Waals surface area contributed by atoms with Crippen LogP contribution in [0.1, 0.15) is 53.4 Å². The van der Waals surface area contributed by atoms with Gasteiger partial charge in [0.1, 0.15) is 0 Å². The van der Waals surface area contributed by atoms with Crippen LogP contribution in [0.3, 0.4) is 0 Å². The van der Waals surface area contributed by atoms with Crippen molar-refractivity contribution in [1.29, 1.82) is 0 Å². The number of sulfonamides is 1. The molecule has 0 saturated carbocycles. The van der Waals surface area contributed by atoms with Crippen molar-refractivity contribution in [2.75, 3.05) is 18.4 Å². The second-order valence-corrected chi connectivity index (χ2v) is 9.79. The van der Waals surface area contributed by atoms with Crippen LogP contribution >= 0.6 is 0 Å². The average Bonchev–Trinajstić information content (AvgIpc) is 2.71. The number of rotatable bonds is 8. The molecule has 1 unspecified atom stereocenters. The molecule has 7 nitrogen and oxygen atoms in total. The number of nitrogens with zero attached hydrogens (tertiary/aromatic N) is 1. The first-order chi connectivity index (χ1) is 14.9. The molecule has 174 valence electrons. The van der Waals surface area contributed by atoms with Gasteiger partial charge < -0.3 is 10.1 Å². The van der Waals surface area contributed by atoms with Gasteiger partial charge in [-0.3, -0.25) is 4.79 Å². The highest BCUT2D eigenvalue weighted by molar-refractivity contribution is 7.89. The van der Waals surface area contributed by atoms with Crippen molar-refractivity contribution in [3.8, 4) is 0 Å². The molecule has 0 radical (unpaired) electrons. The highest BCUT2D eigenvalue weighted by atomic mass is 32.2. The van der Waals surface area contributed by atoms with Crippen molar-refractivity contribution in [2.45, 2.75) is 59.5 Å². The van der Waals surface area contributed by atoms with Gasteiger partial charge in [0.25, 0.3) is 5.91 Å². The van der Waals surface area contributed by atoms with Gasteiger partial charge in [-0.05, 0) is 63.4 Å². The van der Waals surface area contributed by atoms with Crippen molar-refractivity contribution in [3.63, 3.8) is 0 Å². The summed E-state index contributed by atoms with van der Waals surface area (Å²) in [6, 6.07) is 8.30. The highest BCUT2D eigenvalue weighted by Crippen LogP contribution is 2.24. The Morgan fingerprint density at radius 2 is 1.53 bits per heavy atom. The van der Waals surface area contributed by atoms with Gasteiger partial charge in [0.15, 0.2) is 6.10 Å². The average molecular weight is 461 g/mol. The maximum Gasteiger partial charge on any atom is 0.338 e. The summed E-state index contributed by atoms with van der Waals surface area (Å²) >= 11 is 0. The molecule has 0 aliphatic rings. The number of amides is 1. The van der Waals surface area contributed by atoms with Gasteiger partial charge in [0, 0.05) is 18.8 Å². The first kappa shape index (κ1) is 25.5. The van der Waals surface area contributed by atoms with Crippen molar-refractivity contribution in [3.05, 3.63) is 58.1 Å². The van der Waals surface area contributed by atoms with Crippen LogP contribution in [-0.4, -0.2) is 43.8 Å². The summed E-state index contributed by atoms with van der Waals surface area (Å²) in [5.41, 5.74) is 4.21. The van der Waals surface area contributed by atoms with E-state index in [1.807, 2.05) is 32.9 Å². The molecule has 1 amide bonds. The van der Waals surface area contributed by atoms with Crippen LogP contribution in [-0.2, 0) is 19.6 Å². The third-order valence-corrected chi connectivity index (χ3v) is 7.52. The van der Waals surface area contributed by atoms with Gasteiger partial charge in [-0.25, -0.2) is 13.2 Å². The minimum Gasteiger partial charge on any atom is -0.449 e. The van der Waals surface area contributed by atoms with Crippen LogP contribution < -0.4 is 5.32 Å². The Hall–Kier alpha value is -2.71. The lowest BCUT2D eigenvalue weighted by Crippen LogP contribution is -2.32. The summed E-state index contributed by atoms with van der Waals surface area (Å²) in [5.74, 6) is -1.22. The largest absolute Gasteiger partial charge is 0.449 e. The van der Waals surface area contributed by atoms with Crippen LogP contribution in [0, 0.1) is 27.7 Å². The fourth-order valence-electron chi connectivity index (χ4n) is 3.59. The summed E-state index contributed by atoms with van der Waals surface area (Å²) in [6.45, 7) is 13.1. The molecule has 0 heterocycles. The van der Waals surface area contributed by atoms with Crippen molar-refractivity contribution in [1.82, 2.24) is 4.31 Å². The predicted molar refractivity (Wildman–Crippen MR) is 125 cm³/mol. The van der Waals surface area contributed by atoms with Gasteiger partial charge >= 0.3 is 5.97 Å². The molecule has 2 rings (SSSR count). The fourth-order valence-corrected chi connectivity index (χ4v) is 5.30. The fraction of sp³-hybridized carbons (Fsp3) is 0.417. The second kappa shape index (κ2) is 10.3. The monoisotopic (exact) mass is 460 g/mol. The number of aryl methyl sites for hydroxylation is 4. The molecule has 2 aromatic carbocycles. The van der Waals surface area contributed by atoms with E-state index in [2.05, 4.69) is 5.32 Å². The SMILES string of the molecule is CCN(CC)S(=O)(=O)c1cc(C(=O)OC(C)C(=O)Nc2c(C)cc(C)cc2C)ccc1C. The van der Waals surface area contributed by atoms with Crippen LogP contribution in [0.25, 0.3) is 0 Å². The normalized spacial score (nSPS) is 12.5. The van der Waals surface area contributed by atoms with E-state index in [9.17, 15) is 18.0 Å². The molecule has 0 aromatic heterocycles. The summed E-state index contributed by atoms with van der Waals surface area (Å²) in [6.07, 6.45) is -1.06. The Labute approximate surface area is 190 Å². The molecule has 0 fully saturated rings. The number of benzene rings is 2.